The van der Waals surface area contributed by atoms with Crippen molar-refractivity contribution in [2.75, 3.05) is 5.73 Å². The highest BCUT2D eigenvalue weighted by atomic mass is 19.1. The molecule has 1 aromatic heterocycles. The fourth-order valence-electron chi connectivity index (χ4n) is 2.20. The molecule has 3 aromatic rings. The first-order chi connectivity index (χ1) is 9.47. The number of nitrogens with two attached hydrogens (primary N) is 1. The number of non-ortho nitro benzene ring substituents is 1. The Balaban J connectivity index is 2.66. The molecule has 0 bridgehead atoms. The van der Waals surface area contributed by atoms with Crippen LogP contribution in [0.15, 0.2) is 29.1 Å². The number of nitrogens with one attached hydrogen (secondary N) is 1. The molecule has 0 amide bonds. The molecule has 0 aliphatic rings. The van der Waals surface area contributed by atoms with Crippen molar-refractivity contribution in [3.63, 3.8) is 0 Å². The summed E-state index contributed by atoms with van der Waals surface area (Å²) in [6.45, 7) is 0. The summed E-state index contributed by atoms with van der Waals surface area (Å²) in [4.78, 5) is 28.5. The second kappa shape index (κ2) is 3.98. The normalized spacial score (nSPS) is 11.1. The van der Waals surface area contributed by atoms with Crippen LogP contribution in [-0.4, -0.2) is 14.9 Å². The van der Waals surface area contributed by atoms with Crippen LogP contribution in [0, 0.1) is 15.9 Å². The van der Waals surface area contributed by atoms with Crippen molar-refractivity contribution >= 4 is 33.3 Å². The van der Waals surface area contributed by atoms with Gasteiger partial charge in [0.1, 0.15) is 5.82 Å². The monoisotopic (exact) mass is 274 g/mol. The number of hydrogen-bond acceptors (Lipinski definition) is 5. The molecular weight excluding hydrogens is 267 g/mol. The van der Waals surface area contributed by atoms with Crippen molar-refractivity contribution in [3.8, 4) is 0 Å². The summed E-state index contributed by atoms with van der Waals surface area (Å²) >= 11 is 0. The van der Waals surface area contributed by atoms with Gasteiger partial charge < -0.3 is 5.73 Å². The number of nitro groups is 1. The van der Waals surface area contributed by atoms with Crippen molar-refractivity contribution < 1.29 is 9.31 Å². The summed E-state index contributed by atoms with van der Waals surface area (Å²) < 4.78 is 13.4. The Morgan fingerprint density at radius 1 is 1.30 bits per heavy atom. The molecular formula is C12H7FN4O3. The molecule has 100 valence electrons. The van der Waals surface area contributed by atoms with Crippen LogP contribution in [0.2, 0.25) is 0 Å². The Labute approximate surface area is 110 Å². The van der Waals surface area contributed by atoms with Crippen molar-refractivity contribution in [1.82, 2.24) is 9.97 Å². The fourth-order valence-corrected chi connectivity index (χ4v) is 2.20. The molecule has 0 atom stereocenters. The number of nitrogens with zero attached hydrogens (tertiary/aromatic N) is 2. The van der Waals surface area contributed by atoms with E-state index < -0.39 is 22.0 Å². The van der Waals surface area contributed by atoms with E-state index in [0.717, 1.165) is 12.1 Å². The largest absolute Gasteiger partial charge is 0.369 e. The number of hydrogen-bond donors (Lipinski definition) is 2. The van der Waals surface area contributed by atoms with Gasteiger partial charge in [0.05, 0.1) is 27.3 Å². The van der Waals surface area contributed by atoms with Gasteiger partial charge in [-0.05, 0) is 17.5 Å². The molecule has 2 aromatic carbocycles. The van der Waals surface area contributed by atoms with Gasteiger partial charge in [0, 0.05) is 0 Å². The van der Waals surface area contributed by atoms with Gasteiger partial charge in [0.15, 0.2) is 0 Å². The lowest BCUT2D eigenvalue weighted by Gasteiger charge is -2.04. The molecule has 3 N–H and O–H groups in total. The molecule has 1 heterocycles. The summed E-state index contributed by atoms with van der Waals surface area (Å²) in [7, 11) is 0. The SMILES string of the molecule is Nc1nc2ccc3cc(F)cc([N+](=O)[O-])c3c2c(=O)[nH]1. The van der Waals surface area contributed by atoms with E-state index in [1.165, 1.54) is 12.1 Å². The molecule has 0 aliphatic heterocycles. The lowest BCUT2D eigenvalue weighted by molar-refractivity contribution is -0.383. The predicted octanol–water partition coefficient (Wildman–Crippen LogP) is 1.71. The van der Waals surface area contributed by atoms with Crippen molar-refractivity contribution in [2.45, 2.75) is 0 Å². The molecule has 0 saturated heterocycles. The van der Waals surface area contributed by atoms with Gasteiger partial charge in [-0.25, -0.2) is 9.37 Å². The molecule has 7 nitrogen and oxygen atoms in total. The Bertz CT molecular complexity index is 935. The van der Waals surface area contributed by atoms with E-state index in [2.05, 4.69) is 9.97 Å². The quantitative estimate of drug-likeness (QED) is 0.398. The zero-order valence-corrected chi connectivity index (χ0v) is 9.88. The van der Waals surface area contributed by atoms with Gasteiger partial charge in [0.25, 0.3) is 11.2 Å². The van der Waals surface area contributed by atoms with Crippen LogP contribution in [0.25, 0.3) is 21.7 Å². The Kier molecular flexibility index (Phi) is 2.40. The molecule has 0 radical (unpaired) electrons. The van der Waals surface area contributed by atoms with Gasteiger partial charge >= 0.3 is 0 Å². The minimum atomic E-state index is -0.747. The third kappa shape index (κ3) is 1.66. The van der Waals surface area contributed by atoms with E-state index >= 15 is 0 Å². The van der Waals surface area contributed by atoms with Crippen LogP contribution in [-0.2, 0) is 0 Å². The lowest BCUT2D eigenvalue weighted by Crippen LogP contribution is -2.12. The number of anilines is 1. The first-order valence-electron chi connectivity index (χ1n) is 5.53. The number of halogens is 1. The Morgan fingerprint density at radius 3 is 2.75 bits per heavy atom. The van der Waals surface area contributed by atoms with Crippen LogP contribution in [0.4, 0.5) is 16.0 Å². The maximum Gasteiger partial charge on any atom is 0.281 e. The first kappa shape index (κ1) is 12.0. The van der Waals surface area contributed by atoms with E-state index in [1.54, 1.807) is 0 Å². The molecule has 0 aliphatic carbocycles. The van der Waals surface area contributed by atoms with E-state index in [9.17, 15) is 19.3 Å². The summed E-state index contributed by atoms with van der Waals surface area (Å²) in [5.74, 6) is -0.838. The molecule has 20 heavy (non-hydrogen) atoms. The van der Waals surface area contributed by atoms with Crippen molar-refractivity contribution in [1.29, 1.82) is 0 Å². The Hall–Kier alpha value is -3.03. The zero-order valence-electron chi connectivity index (χ0n) is 9.88. The number of nitrogen functional groups attached to an aromatic ring is 1. The van der Waals surface area contributed by atoms with Gasteiger partial charge in [-0.1, -0.05) is 6.07 Å². The molecule has 8 heteroatoms. The highest BCUT2D eigenvalue weighted by molar-refractivity contribution is 6.10. The van der Waals surface area contributed by atoms with Crippen LogP contribution < -0.4 is 11.3 Å². The molecule has 0 saturated carbocycles. The summed E-state index contributed by atoms with van der Waals surface area (Å²) in [5.41, 5.74) is 4.56. The van der Waals surface area contributed by atoms with Gasteiger partial charge in [-0.15, -0.1) is 0 Å². The van der Waals surface area contributed by atoms with Gasteiger partial charge in [-0.3, -0.25) is 19.9 Å². The average molecular weight is 274 g/mol. The number of nitro benzene ring substituents is 1. The van der Waals surface area contributed by atoms with Gasteiger partial charge in [0.2, 0.25) is 5.95 Å². The third-order valence-electron chi connectivity index (χ3n) is 2.95. The standard InChI is InChI=1S/C12H7FN4O3/c13-6-3-5-1-2-7-10(11(18)16-12(14)15-7)9(5)8(4-6)17(19)20/h1-4H,(H3,14,15,16,18). The zero-order chi connectivity index (χ0) is 14.4. The second-order valence-electron chi connectivity index (χ2n) is 4.19. The number of fused-ring (bicyclic) bond motifs is 3. The second-order valence-corrected chi connectivity index (χ2v) is 4.19. The van der Waals surface area contributed by atoms with Crippen molar-refractivity contribution in [2.24, 2.45) is 0 Å². The smallest absolute Gasteiger partial charge is 0.281 e. The molecule has 0 spiro atoms. The van der Waals surface area contributed by atoms with E-state index in [4.69, 9.17) is 5.73 Å². The van der Waals surface area contributed by atoms with Crippen LogP contribution in [0.5, 0.6) is 0 Å². The predicted molar refractivity (Wildman–Crippen MR) is 70.9 cm³/mol. The Morgan fingerprint density at radius 2 is 2.05 bits per heavy atom. The third-order valence-corrected chi connectivity index (χ3v) is 2.95. The summed E-state index contributed by atoms with van der Waals surface area (Å²) in [6.07, 6.45) is 0. The minimum Gasteiger partial charge on any atom is -0.369 e. The lowest BCUT2D eigenvalue weighted by atomic mass is 10.0. The van der Waals surface area contributed by atoms with Crippen LogP contribution >= 0.6 is 0 Å². The summed E-state index contributed by atoms with van der Waals surface area (Å²) in [5, 5.41) is 11.4. The topological polar surface area (TPSA) is 115 Å². The highest BCUT2D eigenvalue weighted by Crippen LogP contribution is 2.31. The summed E-state index contributed by atoms with van der Waals surface area (Å²) in [6, 6.07) is 4.82. The number of aromatic nitrogens is 2. The maximum absolute atomic E-state index is 13.4. The number of H-pyrrole nitrogens is 1. The van der Waals surface area contributed by atoms with E-state index in [0.29, 0.717) is 0 Å². The van der Waals surface area contributed by atoms with E-state index in [-0.39, 0.29) is 27.6 Å². The molecule has 3 rings (SSSR count). The minimum absolute atomic E-state index is 0.0170. The number of aromatic amines is 1. The van der Waals surface area contributed by atoms with Crippen LogP contribution in [0.1, 0.15) is 0 Å². The number of rotatable bonds is 1. The van der Waals surface area contributed by atoms with Crippen molar-refractivity contribution in [3.05, 3.63) is 50.6 Å². The van der Waals surface area contributed by atoms with Crippen LogP contribution in [0.3, 0.4) is 0 Å². The average Bonchev–Trinajstić information content (AvgIpc) is 2.36. The molecule has 0 unspecified atom stereocenters. The fraction of sp³-hybridized carbons (Fsp3) is 0. The number of benzene rings is 2. The van der Waals surface area contributed by atoms with E-state index in [1.807, 2.05) is 0 Å². The van der Waals surface area contributed by atoms with Gasteiger partial charge in [-0.2, -0.15) is 0 Å². The maximum atomic E-state index is 13.4. The first-order valence-corrected chi connectivity index (χ1v) is 5.53. The highest BCUT2D eigenvalue weighted by Gasteiger charge is 2.19. The molecule has 0 fully saturated rings.